The molecule has 8 heteroatoms. The number of nitrogens with one attached hydrogen (secondary N) is 1. The fourth-order valence-corrected chi connectivity index (χ4v) is 5.70. The Kier molecular flexibility index (Phi) is 7.08. The number of aryl methyl sites for hydroxylation is 1. The molecule has 4 rings (SSSR count). The first-order valence-electron chi connectivity index (χ1n) is 11.1. The minimum absolute atomic E-state index is 0.0164. The van der Waals surface area contributed by atoms with Crippen LogP contribution in [0.4, 0.5) is 5.69 Å². The van der Waals surface area contributed by atoms with E-state index in [1.54, 1.807) is 12.1 Å². The van der Waals surface area contributed by atoms with Crippen molar-refractivity contribution in [1.82, 2.24) is 9.21 Å². The van der Waals surface area contributed by atoms with Crippen molar-refractivity contribution in [3.8, 4) is 6.07 Å². The molecule has 0 saturated carbocycles. The topological polar surface area (TPSA) is 93.5 Å². The Hall–Kier alpha value is -3.51. The van der Waals surface area contributed by atoms with Crippen LogP contribution in [-0.4, -0.2) is 49.7 Å². The average molecular weight is 475 g/mol. The van der Waals surface area contributed by atoms with Crippen molar-refractivity contribution in [2.45, 2.75) is 17.9 Å². The Labute approximate surface area is 200 Å². The lowest BCUT2D eigenvalue weighted by atomic mass is 10.0. The van der Waals surface area contributed by atoms with E-state index in [9.17, 15) is 18.5 Å². The summed E-state index contributed by atoms with van der Waals surface area (Å²) in [4.78, 5) is 15.4. The van der Waals surface area contributed by atoms with Crippen LogP contribution < -0.4 is 5.32 Å². The van der Waals surface area contributed by atoms with E-state index in [-0.39, 0.29) is 29.5 Å². The third kappa shape index (κ3) is 5.02. The van der Waals surface area contributed by atoms with E-state index >= 15 is 0 Å². The Morgan fingerprint density at radius 2 is 1.53 bits per heavy atom. The van der Waals surface area contributed by atoms with Crippen LogP contribution in [0.25, 0.3) is 0 Å². The minimum atomic E-state index is -3.81. The smallest absolute Gasteiger partial charge is 0.246 e. The zero-order chi connectivity index (χ0) is 24.1. The van der Waals surface area contributed by atoms with Crippen LogP contribution in [0.1, 0.15) is 22.7 Å². The maximum Gasteiger partial charge on any atom is 0.246 e. The number of rotatable bonds is 6. The molecule has 1 amide bonds. The second-order valence-corrected chi connectivity index (χ2v) is 10.1. The zero-order valence-electron chi connectivity index (χ0n) is 18.9. The molecule has 1 unspecified atom stereocenters. The lowest BCUT2D eigenvalue weighted by Crippen LogP contribution is -2.51. The van der Waals surface area contributed by atoms with E-state index in [2.05, 4.69) is 5.32 Å². The molecule has 1 atom stereocenters. The van der Waals surface area contributed by atoms with Gasteiger partial charge in [-0.15, -0.1) is 0 Å². The number of nitriles is 1. The van der Waals surface area contributed by atoms with Crippen molar-refractivity contribution in [1.29, 1.82) is 5.26 Å². The van der Waals surface area contributed by atoms with Gasteiger partial charge in [-0.2, -0.15) is 9.57 Å². The molecular weight excluding hydrogens is 448 g/mol. The molecule has 0 aliphatic carbocycles. The van der Waals surface area contributed by atoms with Gasteiger partial charge in [0.2, 0.25) is 15.9 Å². The number of carbonyl (C=O) groups is 1. The first kappa shape index (κ1) is 23.6. The van der Waals surface area contributed by atoms with E-state index < -0.39 is 16.1 Å². The van der Waals surface area contributed by atoms with Gasteiger partial charge in [0.15, 0.2) is 0 Å². The maximum absolute atomic E-state index is 13.4. The molecule has 3 aromatic carbocycles. The van der Waals surface area contributed by atoms with Crippen LogP contribution in [0.5, 0.6) is 0 Å². The molecular formula is C26H26N4O3S. The fraction of sp³-hybridized carbons (Fsp3) is 0.231. The molecule has 1 saturated heterocycles. The highest BCUT2D eigenvalue weighted by atomic mass is 32.2. The molecule has 1 N–H and O–H groups in total. The van der Waals surface area contributed by atoms with Gasteiger partial charge in [-0.3, -0.25) is 9.69 Å². The largest absolute Gasteiger partial charge is 0.324 e. The van der Waals surface area contributed by atoms with Crippen molar-refractivity contribution in [2.24, 2.45) is 0 Å². The fourth-order valence-electron chi connectivity index (χ4n) is 4.14. The summed E-state index contributed by atoms with van der Waals surface area (Å²) in [6, 6.07) is 24.7. The molecule has 0 radical (unpaired) electrons. The Morgan fingerprint density at radius 3 is 2.18 bits per heavy atom. The third-order valence-corrected chi connectivity index (χ3v) is 7.90. The number of piperazine rings is 1. The highest BCUT2D eigenvalue weighted by Crippen LogP contribution is 2.27. The molecule has 7 nitrogen and oxygen atoms in total. The van der Waals surface area contributed by atoms with Gasteiger partial charge in [0.25, 0.3) is 0 Å². The summed E-state index contributed by atoms with van der Waals surface area (Å²) in [6.45, 7) is 3.21. The molecule has 1 heterocycles. The summed E-state index contributed by atoms with van der Waals surface area (Å²) in [6.07, 6.45) is 0. The van der Waals surface area contributed by atoms with Crippen LogP contribution in [0.2, 0.25) is 0 Å². The maximum atomic E-state index is 13.4. The van der Waals surface area contributed by atoms with Gasteiger partial charge in [0, 0.05) is 31.9 Å². The average Bonchev–Trinajstić information content (AvgIpc) is 2.86. The Balaban J connectivity index is 1.54. The lowest BCUT2D eigenvalue weighted by molar-refractivity contribution is -0.122. The SMILES string of the molecule is Cc1ccc(NC(=O)C(c2ccccc2)N2CCN(S(=O)(=O)c3ccccc3C#N)CC2)cc1. The van der Waals surface area contributed by atoms with E-state index in [1.165, 1.54) is 16.4 Å². The number of carbonyl (C=O) groups excluding carboxylic acids is 1. The summed E-state index contributed by atoms with van der Waals surface area (Å²) >= 11 is 0. The Bertz CT molecular complexity index is 1290. The van der Waals surface area contributed by atoms with E-state index in [1.807, 2.05) is 72.5 Å². The molecule has 1 aliphatic heterocycles. The number of anilines is 1. The van der Waals surface area contributed by atoms with Crippen LogP contribution >= 0.6 is 0 Å². The molecule has 0 bridgehead atoms. The zero-order valence-corrected chi connectivity index (χ0v) is 19.7. The summed E-state index contributed by atoms with van der Waals surface area (Å²) in [5, 5.41) is 12.3. The molecule has 174 valence electrons. The van der Waals surface area contributed by atoms with Gasteiger partial charge in [-0.05, 0) is 36.8 Å². The molecule has 34 heavy (non-hydrogen) atoms. The molecule has 1 aliphatic rings. The summed E-state index contributed by atoms with van der Waals surface area (Å²) in [7, 11) is -3.81. The van der Waals surface area contributed by atoms with Gasteiger partial charge in [-0.25, -0.2) is 8.42 Å². The molecule has 0 aromatic heterocycles. The third-order valence-electron chi connectivity index (χ3n) is 5.95. The second-order valence-electron chi connectivity index (χ2n) is 8.22. The number of hydrogen-bond acceptors (Lipinski definition) is 5. The van der Waals surface area contributed by atoms with E-state index in [0.717, 1.165) is 11.1 Å². The summed E-state index contributed by atoms with van der Waals surface area (Å²) < 4.78 is 27.8. The first-order chi connectivity index (χ1) is 16.4. The van der Waals surface area contributed by atoms with Crippen molar-refractivity contribution in [3.05, 3.63) is 95.6 Å². The van der Waals surface area contributed by atoms with Gasteiger partial charge >= 0.3 is 0 Å². The molecule has 0 spiro atoms. The van der Waals surface area contributed by atoms with Crippen LogP contribution in [0.3, 0.4) is 0 Å². The van der Waals surface area contributed by atoms with Gasteiger partial charge in [0.05, 0.1) is 10.5 Å². The predicted octanol–water partition coefficient (Wildman–Crippen LogP) is 3.55. The highest BCUT2D eigenvalue weighted by Gasteiger charge is 2.35. The van der Waals surface area contributed by atoms with Crippen molar-refractivity contribution < 1.29 is 13.2 Å². The highest BCUT2D eigenvalue weighted by molar-refractivity contribution is 7.89. The van der Waals surface area contributed by atoms with Gasteiger partial charge in [-0.1, -0.05) is 60.2 Å². The number of benzene rings is 3. The monoisotopic (exact) mass is 474 g/mol. The first-order valence-corrected chi connectivity index (χ1v) is 12.5. The molecule has 3 aromatic rings. The summed E-state index contributed by atoms with van der Waals surface area (Å²) in [5.41, 5.74) is 2.79. The predicted molar refractivity (Wildman–Crippen MR) is 130 cm³/mol. The minimum Gasteiger partial charge on any atom is -0.324 e. The van der Waals surface area contributed by atoms with Crippen molar-refractivity contribution in [2.75, 3.05) is 31.5 Å². The van der Waals surface area contributed by atoms with Crippen LogP contribution in [-0.2, 0) is 14.8 Å². The standard InChI is InChI=1S/C26H26N4O3S/c1-20-11-13-23(14-12-20)28-26(31)25(21-7-3-2-4-8-21)29-15-17-30(18-16-29)34(32,33)24-10-6-5-9-22(24)19-27/h2-14,25H,15-18H2,1H3,(H,28,31). The quantitative estimate of drug-likeness (QED) is 0.590. The van der Waals surface area contributed by atoms with E-state index in [0.29, 0.717) is 18.8 Å². The van der Waals surface area contributed by atoms with Crippen LogP contribution in [0.15, 0.2) is 83.8 Å². The van der Waals surface area contributed by atoms with Crippen LogP contribution in [0, 0.1) is 18.3 Å². The number of nitrogens with zero attached hydrogens (tertiary/aromatic N) is 3. The Morgan fingerprint density at radius 1 is 0.912 bits per heavy atom. The lowest BCUT2D eigenvalue weighted by Gasteiger charge is -2.38. The number of sulfonamides is 1. The number of hydrogen-bond donors (Lipinski definition) is 1. The van der Waals surface area contributed by atoms with Crippen molar-refractivity contribution >= 4 is 21.6 Å². The second kappa shape index (κ2) is 10.2. The normalized spacial score (nSPS) is 15.9. The van der Waals surface area contributed by atoms with Crippen molar-refractivity contribution in [3.63, 3.8) is 0 Å². The van der Waals surface area contributed by atoms with Gasteiger partial charge in [0.1, 0.15) is 12.1 Å². The molecule has 1 fully saturated rings. The van der Waals surface area contributed by atoms with E-state index in [4.69, 9.17) is 0 Å². The van der Waals surface area contributed by atoms with Gasteiger partial charge < -0.3 is 5.32 Å². The summed E-state index contributed by atoms with van der Waals surface area (Å²) in [5.74, 6) is -0.166. The number of amides is 1.